The maximum Gasteiger partial charge on any atom is 0.417 e. The van der Waals surface area contributed by atoms with Crippen molar-refractivity contribution in [2.75, 3.05) is 16.9 Å². The van der Waals surface area contributed by atoms with E-state index in [0.717, 1.165) is 35.3 Å². The summed E-state index contributed by atoms with van der Waals surface area (Å²) in [4.78, 5) is 12.1. The van der Waals surface area contributed by atoms with Gasteiger partial charge in [-0.3, -0.25) is 4.79 Å². The first-order valence-corrected chi connectivity index (χ1v) is 9.46. The van der Waals surface area contributed by atoms with Crippen LogP contribution in [0, 0.1) is 13.8 Å². The van der Waals surface area contributed by atoms with Crippen molar-refractivity contribution in [1.82, 2.24) is 24.7 Å². The molecular weight excluding hydrogens is 431 g/mol. The molecule has 0 aliphatic carbocycles. The number of carbonyl (C=O) groups excluding carboxylic acids is 1. The number of aromatic nitrogens is 5. The van der Waals surface area contributed by atoms with E-state index in [1.807, 2.05) is 19.9 Å². The molecule has 3 rings (SSSR count). The van der Waals surface area contributed by atoms with Crippen LogP contribution in [0.25, 0.3) is 5.95 Å². The number of nitrogens with two attached hydrogens (primary N) is 1. The maximum atomic E-state index is 12.9. The summed E-state index contributed by atoms with van der Waals surface area (Å²) in [5.41, 5.74) is 0.532. The Bertz CT molecular complexity index is 1060. The number of anilines is 1. The first-order valence-electron chi connectivity index (χ1n) is 8.10. The molecule has 3 N–H and O–H groups in total. The third-order valence-corrected chi connectivity index (χ3v) is 5.01. The summed E-state index contributed by atoms with van der Waals surface area (Å²) < 4.78 is 41.4. The lowest BCUT2D eigenvalue weighted by Gasteiger charge is -2.11. The Morgan fingerprint density at radius 3 is 2.62 bits per heavy atom. The van der Waals surface area contributed by atoms with Gasteiger partial charge in [0.2, 0.25) is 11.1 Å². The second-order valence-corrected chi connectivity index (χ2v) is 7.37. The monoisotopic (exact) mass is 445 g/mol. The molecule has 0 saturated carbocycles. The average molecular weight is 446 g/mol. The highest BCUT2D eigenvalue weighted by Crippen LogP contribution is 2.36. The molecule has 0 aliphatic heterocycles. The van der Waals surface area contributed by atoms with Crippen molar-refractivity contribution in [3.8, 4) is 5.95 Å². The number of hydrogen-bond donors (Lipinski definition) is 2. The van der Waals surface area contributed by atoms with Crippen molar-refractivity contribution in [2.24, 2.45) is 0 Å². The van der Waals surface area contributed by atoms with Crippen LogP contribution < -0.4 is 11.2 Å². The van der Waals surface area contributed by atoms with Gasteiger partial charge < -0.3 is 11.2 Å². The number of amides is 1. The van der Waals surface area contributed by atoms with Gasteiger partial charge in [0.25, 0.3) is 5.95 Å². The van der Waals surface area contributed by atoms with E-state index >= 15 is 0 Å². The normalized spacial score (nSPS) is 11.7. The van der Waals surface area contributed by atoms with Crippen LogP contribution in [0.15, 0.2) is 29.4 Å². The molecule has 0 spiro atoms. The molecule has 2 aromatic heterocycles. The Labute approximate surface area is 172 Å². The van der Waals surface area contributed by atoms with Crippen molar-refractivity contribution in [1.29, 1.82) is 0 Å². The first-order chi connectivity index (χ1) is 13.6. The molecule has 0 aliphatic rings. The number of alkyl halides is 3. The smallest absolute Gasteiger partial charge is 0.334 e. The second-order valence-electron chi connectivity index (χ2n) is 6.02. The highest BCUT2D eigenvalue weighted by atomic mass is 35.5. The van der Waals surface area contributed by atoms with Crippen LogP contribution >= 0.6 is 23.4 Å². The lowest BCUT2D eigenvalue weighted by molar-refractivity contribution is -0.137. The summed E-state index contributed by atoms with van der Waals surface area (Å²) in [5.74, 6) is 5.56. The molecule has 0 atom stereocenters. The van der Waals surface area contributed by atoms with Crippen LogP contribution in [0.2, 0.25) is 5.02 Å². The van der Waals surface area contributed by atoms with Crippen molar-refractivity contribution in [3.63, 3.8) is 0 Å². The molecule has 2 heterocycles. The molecule has 3 aromatic rings. The molecule has 1 aromatic carbocycles. The van der Waals surface area contributed by atoms with Crippen LogP contribution in [-0.4, -0.2) is 36.3 Å². The van der Waals surface area contributed by atoms with E-state index in [0.29, 0.717) is 0 Å². The molecule has 154 valence electrons. The number of halogens is 4. The fourth-order valence-electron chi connectivity index (χ4n) is 2.49. The molecule has 0 bridgehead atoms. The summed E-state index contributed by atoms with van der Waals surface area (Å²) >= 11 is 6.54. The molecule has 13 heteroatoms. The minimum Gasteiger partial charge on any atom is -0.334 e. The van der Waals surface area contributed by atoms with Crippen LogP contribution in [0.5, 0.6) is 0 Å². The van der Waals surface area contributed by atoms with Gasteiger partial charge in [-0.25, -0.2) is 9.36 Å². The zero-order valence-electron chi connectivity index (χ0n) is 15.2. The number of carbonyl (C=O) groups is 1. The molecule has 0 radical (unpaired) electrons. The zero-order chi connectivity index (χ0) is 21.3. The van der Waals surface area contributed by atoms with Crippen LogP contribution in [-0.2, 0) is 11.0 Å². The van der Waals surface area contributed by atoms with Gasteiger partial charge in [-0.15, -0.1) is 10.2 Å². The number of nitrogens with one attached hydrogen (secondary N) is 1. The third-order valence-electron chi connectivity index (χ3n) is 3.73. The second kappa shape index (κ2) is 7.95. The maximum absolute atomic E-state index is 12.9. The van der Waals surface area contributed by atoms with E-state index in [1.165, 1.54) is 15.4 Å². The highest BCUT2D eigenvalue weighted by molar-refractivity contribution is 7.99. The Balaban J connectivity index is 1.67. The predicted molar refractivity (Wildman–Crippen MR) is 103 cm³/mol. The van der Waals surface area contributed by atoms with Crippen molar-refractivity contribution >= 4 is 35.0 Å². The Morgan fingerprint density at radius 2 is 2.00 bits per heavy atom. The van der Waals surface area contributed by atoms with Gasteiger partial charge in [0.15, 0.2) is 0 Å². The van der Waals surface area contributed by atoms with Gasteiger partial charge in [0.1, 0.15) is 0 Å². The zero-order valence-corrected chi connectivity index (χ0v) is 16.7. The quantitative estimate of drug-likeness (QED) is 0.461. The number of nitrogens with zero attached hydrogens (tertiary/aromatic N) is 5. The summed E-state index contributed by atoms with van der Waals surface area (Å²) in [6.07, 6.45) is -4.62. The van der Waals surface area contributed by atoms with E-state index < -0.39 is 22.7 Å². The van der Waals surface area contributed by atoms with Crippen molar-refractivity contribution in [3.05, 3.63) is 46.2 Å². The molecule has 29 heavy (non-hydrogen) atoms. The lowest BCUT2D eigenvalue weighted by Crippen LogP contribution is -2.19. The van der Waals surface area contributed by atoms with Crippen LogP contribution in [0.3, 0.4) is 0 Å². The number of benzene rings is 1. The fourth-order valence-corrected chi connectivity index (χ4v) is 3.37. The topological polar surface area (TPSA) is 104 Å². The molecule has 8 nitrogen and oxygen atoms in total. The average Bonchev–Trinajstić information content (AvgIpc) is 3.15. The first kappa shape index (κ1) is 21.0. The summed E-state index contributed by atoms with van der Waals surface area (Å²) in [6.45, 7) is 3.65. The van der Waals surface area contributed by atoms with E-state index in [-0.39, 0.29) is 22.5 Å². The van der Waals surface area contributed by atoms with Gasteiger partial charge in [-0.1, -0.05) is 23.4 Å². The highest BCUT2D eigenvalue weighted by Gasteiger charge is 2.33. The van der Waals surface area contributed by atoms with E-state index in [9.17, 15) is 18.0 Å². The minimum absolute atomic E-state index is 0.0233. The van der Waals surface area contributed by atoms with Gasteiger partial charge in [-0.05, 0) is 38.1 Å². The number of rotatable bonds is 5. The number of hydrogen-bond acceptors (Lipinski definition) is 6. The number of aryl methyl sites for hydroxylation is 2. The van der Waals surface area contributed by atoms with Gasteiger partial charge in [0.05, 0.1) is 22.0 Å². The van der Waals surface area contributed by atoms with Crippen molar-refractivity contribution < 1.29 is 18.0 Å². The van der Waals surface area contributed by atoms with Gasteiger partial charge in [-0.2, -0.15) is 18.3 Å². The Morgan fingerprint density at radius 1 is 1.28 bits per heavy atom. The van der Waals surface area contributed by atoms with Crippen LogP contribution in [0.4, 0.5) is 18.9 Å². The molecule has 1 amide bonds. The lowest BCUT2D eigenvalue weighted by atomic mass is 10.2. The van der Waals surface area contributed by atoms with Gasteiger partial charge in [0, 0.05) is 11.4 Å². The molecule has 0 unspecified atom stereocenters. The molecule has 0 saturated heterocycles. The Hall–Kier alpha value is -2.73. The van der Waals surface area contributed by atoms with E-state index in [2.05, 4.69) is 20.6 Å². The summed E-state index contributed by atoms with van der Waals surface area (Å²) in [6, 6.07) is 4.98. The third kappa shape index (κ3) is 4.65. The standard InChI is InChI=1S/C16H15ClF3N7OS/c1-8-5-9(2)27(25-8)14-23-24-15(26(14)21)29-7-13(28)22-10-3-4-12(17)11(6-10)16(18,19)20/h3-6H,7,21H2,1-2H3,(H,22,28). The Kier molecular flexibility index (Phi) is 5.75. The number of nitrogen functional groups attached to an aromatic ring is 1. The van der Waals surface area contributed by atoms with E-state index in [1.54, 1.807) is 0 Å². The predicted octanol–water partition coefficient (Wildman–Crippen LogP) is 3.20. The molecule has 0 fully saturated rings. The van der Waals surface area contributed by atoms with Gasteiger partial charge >= 0.3 is 6.18 Å². The fraction of sp³-hybridized carbons (Fsp3) is 0.250. The van der Waals surface area contributed by atoms with Crippen molar-refractivity contribution in [2.45, 2.75) is 25.2 Å². The largest absolute Gasteiger partial charge is 0.417 e. The SMILES string of the molecule is Cc1cc(C)n(-c2nnc(SCC(=O)Nc3ccc(Cl)c(C(F)(F)F)c3)n2N)n1. The van der Waals surface area contributed by atoms with Crippen LogP contribution in [0.1, 0.15) is 17.0 Å². The summed E-state index contributed by atoms with van der Waals surface area (Å²) in [7, 11) is 0. The number of thioether (sulfide) groups is 1. The molecular formula is C16H15ClF3N7OS. The van der Waals surface area contributed by atoms with E-state index in [4.69, 9.17) is 17.4 Å². The minimum atomic E-state index is -4.62. The summed E-state index contributed by atoms with van der Waals surface area (Å²) in [5, 5.41) is 14.3.